The third-order valence-corrected chi connectivity index (χ3v) is 4.33. The molecule has 2 N–H and O–H groups in total. The number of carbonyl (C=O) groups is 2. The second-order valence-corrected chi connectivity index (χ2v) is 6.53. The van der Waals surface area contributed by atoms with Crippen LogP contribution in [0.3, 0.4) is 0 Å². The molecule has 1 heterocycles. The molecule has 0 aliphatic heterocycles. The number of aromatic nitrogens is 1. The number of para-hydroxylation sites is 1. The summed E-state index contributed by atoms with van der Waals surface area (Å²) in [5.41, 5.74) is 0.551. The van der Waals surface area contributed by atoms with Gasteiger partial charge in [-0.25, -0.2) is 0 Å². The van der Waals surface area contributed by atoms with Gasteiger partial charge in [0.15, 0.2) is 5.82 Å². The van der Waals surface area contributed by atoms with E-state index in [1.54, 1.807) is 44.2 Å². The van der Waals surface area contributed by atoms with E-state index in [1.807, 2.05) is 0 Å². The zero-order valence-corrected chi connectivity index (χ0v) is 14.2. The molecule has 0 saturated heterocycles. The first-order chi connectivity index (χ1) is 11.0. The molecule has 6 nitrogen and oxygen atoms in total. The molecule has 122 valence electrons. The lowest BCUT2D eigenvalue weighted by molar-refractivity contribution is -0.115. The van der Waals surface area contributed by atoms with Crippen LogP contribution in [0.4, 0.5) is 11.5 Å². The number of hydrogen-bond donors (Lipinski definition) is 2. The average Bonchev–Trinajstić information content (AvgIpc) is 2.92. The Balaban J connectivity index is 1.79. The molecule has 2 aromatic rings. The highest BCUT2D eigenvalue weighted by Crippen LogP contribution is 2.21. The predicted octanol–water partition coefficient (Wildman–Crippen LogP) is 3.34. The molecular formula is C15H16ClN3O3S. The van der Waals surface area contributed by atoms with Crippen molar-refractivity contribution in [1.29, 1.82) is 0 Å². The second kappa shape index (κ2) is 8.03. The topological polar surface area (TPSA) is 84.2 Å². The molecule has 8 heteroatoms. The number of benzene rings is 1. The number of carbonyl (C=O) groups excluding carboxylic acids is 2. The minimum Gasteiger partial charge on any atom is -0.360 e. The highest BCUT2D eigenvalue weighted by Gasteiger charge is 2.17. The fraction of sp³-hybridized carbons (Fsp3) is 0.267. The number of aryl methyl sites for hydroxylation is 1. The molecule has 0 aliphatic carbocycles. The van der Waals surface area contributed by atoms with E-state index in [2.05, 4.69) is 15.8 Å². The van der Waals surface area contributed by atoms with E-state index in [-0.39, 0.29) is 17.6 Å². The summed E-state index contributed by atoms with van der Waals surface area (Å²) < 4.78 is 4.87. The first kappa shape index (κ1) is 17.4. The van der Waals surface area contributed by atoms with Gasteiger partial charge in [-0.3, -0.25) is 9.59 Å². The summed E-state index contributed by atoms with van der Waals surface area (Å²) in [6, 6.07) is 8.60. The van der Waals surface area contributed by atoms with Crippen LogP contribution in [0.2, 0.25) is 5.02 Å². The first-order valence-corrected chi connectivity index (χ1v) is 8.28. The zero-order chi connectivity index (χ0) is 16.8. The largest absolute Gasteiger partial charge is 0.360 e. The summed E-state index contributed by atoms with van der Waals surface area (Å²) >= 11 is 7.19. The van der Waals surface area contributed by atoms with Crippen LogP contribution in [0.25, 0.3) is 0 Å². The molecule has 0 radical (unpaired) electrons. The first-order valence-electron chi connectivity index (χ1n) is 6.86. The number of anilines is 2. The molecule has 0 unspecified atom stereocenters. The van der Waals surface area contributed by atoms with Gasteiger partial charge in [0.25, 0.3) is 0 Å². The molecule has 2 rings (SSSR count). The number of hydrogen-bond acceptors (Lipinski definition) is 5. The van der Waals surface area contributed by atoms with Crippen molar-refractivity contribution in [3.8, 4) is 0 Å². The number of nitrogens with zero attached hydrogens (tertiary/aromatic N) is 1. The van der Waals surface area contributed by atoms with Gasteiger partial charge in [0, 0.05) is 6.07 Å². The van der Waals surface area contributed by atoms with Crippen molar-refractivity contribution >= 4 is 46.7 Å². The van der Waals surface area contributed by atoms with E-state index in [4.69, 9.17) is 16.1 Å². The van der Waals surface area contributed by atoms with Crippen molar-refractivity contribution in [2.75, 3.05) is 16.4 Å². The van der Waals surface area contributed by atoms with E-state index in [1.165, 1.54) is 11.8 Å². The Kier molecular flexibility index (Phi) is 6.06. The Bertz CT molecular complexity index is 705. The molecule has 1 aromatic heterocycles. The number of thioether (sulfide) groups is 1. The van der Waals surface area contributed by atoms with Crippen molar-refractivity contribution in [3.63, 3.8) is 0 Å². The van der Waals surface area contributed by atoms with Crippen LogP contribution < -0.4 is 10.6 Å². The Labute approximate surface area is 142 Å². The van der Waals surface area contributed by atoms with Gasteiger partial charge in [0.05, 0.1) is 21.7 Å². The maximum absolute atomic E-state index is 12.0. The van der Waals surface area contributed by atoms with Crippen LogP contribution in [0, 0.1) is 6.92 Å². The van der Waals surface area contributed by atoms with Crippen LogP contribution in [0.5, 0.6) is 0 Å². The number of rotatable bonds is 6. The maximum atomic E-state index is 12.0. The van der Waals surface area contributed by atoms with Crippen LogP contribution in [-0.4, -0.2) is 28.0 Å². The van der Waals surface area contributed by atoms with Crippen molar-refractivity contribution in [2.45, 2.75) is 19.1 Å². The molecule has 2 amide bonds. The van der Waals surface area contributed by atoms with Crippen molar-refractivity contribution in [1.82, 2.24) is 5.16 Å². The maximum Gasteiger partial charge on any atom is 0.238 e. The highest BCUT2D eigenvalue weighted by atomic mass is 35.5. The van der Waals surface area contributed by atoms with Gasteiger partial charge in [-0.2, -0.15) is 0 Å². The summed E-state index contributed by atoms with van der Waals surface area (Å²) in [5, 5.41) is 9.08. The van der Waals surface area contributed by atoms with Crippen LogP contribution in [0.15, 0.2) is 34.9 Å². The Morgan fingerprint density at radius 2 is 2.09 bits per heavy atom. The summed E-state index contributed by atoms with van der Waals surface area (Å²) in [7, 11) is 0. The molecule has 0 fully saturated rings. The van der Waals surface area contributed by atoms with E-state index in [0.717, 1.165) is 0 Å². The molecule has 1 atom stereocenters. The second-order valence-electron chi connectivity index (χ2n) is 4.79. The van der Waals surface area contributed by atoms with E-state index in [9.17, 15) is 9.59 Å². The van der Waals surface area contributed by atoms with Gasteiger partial charge in [-0.05, 0) is 26.0 Å². The highest BCUT2D eigenvalue weighted by molar-refractivity contribution is 8.01. The van der Waals surface area contributed by atoms with Gasteiger partial charge in [0.1, 0.15) is 5.76 Å². The Morgan fingerprint density at radius 1 is 1.35 bits per heavy atom. The minimum atomic E-state index is -0.413. The van der Waals surface area contributed by atoms with E-state index < -0.39 is 5.25 Å². The third kappa shape index (κ3) is 5.30. The minimum absolute atomic E-state index is 0.137. The van der Waals surface area contributed by atoms with E-state index in [0.29, 0.717) is 22.3 Å². The van der Waals surface area contributed by atoms with Crippen molar-refractivity contribution in [2.24, 2.45) is 0 Å². The number of halogens is 1. The number of amides is 2. The predicted molar refractivity (Wildman–Crippen MR) is 91.9 cm³/mol. The lowest BCUT2D eigenvalue weighted by atomic mass is 10.3. The molecule has 1 aromatic carbocycles. The Hall–Kier alpha value is -1.99. The SMILES string of the molecule is Cc1cc(NC(=O)[C@@H](C)SCC(=O)Nc2ccccc2Cl)no1. The average molecular weight is 354 g/mol. The smallest absolute Gasteiger partial charge is 0.238 e. The van der Waals surface area contributed by atoms with Gasteiger partial charge in [-0.15, -0.1) is 11.8 Å². The van der Waals surface area contributed by atoms with Crippen molar-refractivity contribution < 1.29 is 14.1 Å². The fourth-order valence-corrected chi connectivity index (χ4v) is 2.55. The lowest BCUT2D eigenvalue weighted by Crippen LogP contribution is -2.25. The quantitative estimate of drug-likeness (QED) is 0.832. The summed E-state index contributed by atoms with van der Waals surface area (Å²) in [6.07, 6.45) is 0. The van der Waals surface area contributed by atoms with Crippen LogP contribution >= 0.6 is 23.4 Å². The van der Waals surface area contributed by atoms with E-state index >= 15 is 0 Å². The molecule has 0 spiro atoms. The molecule has 0 aliphatic rings. The van der Waals surface area contributed by atoms with Gasteiger partial charge in [0.2, 0.25) is 11.8 Å². The summed E-state index contributed by atoms with van der Waals surface area (Å²) in [6.45, 7) is 3.45. The van der Waals surface area contributed by atoms with Gasteiger partial charge < -0.3 is 15.2 Å². The summed E-state index contributed by atoms with van der Waals surface area (Å²) in [4.78, 5) is 23.9. The standard InChI is InChI=1S/C15H16ClN3O3S/c1-9-7-13(19-22-9)18-15(21)10(2)23-8-14(20)17-12-6-4-3-5-11(12)16/h3-7,10H,8H2,1-2H3,(H,17,20)(H,18,19,21)/t10-/m1/s1. The molecule has 23 heavy (non-hydrogen) atoms. The zero-order valence-electron chi connectivity index (χ0n) is 12.6. The van der Waals surface area contributed by atoms with Gasteiger partial charge in [-0.1, -0.05) is 28.9 Å². The van der Waals surface area contributed by atoms with Crippen LogP contribution in [0.1, 0.15) is 12.7 Å². The Morgan fingerprint density at radius 3 is 2.74 bits per heavy atom. The molecule has 0 saturated carbocycles. The molecule has 0 bridgehead atoms. The summed E-state index contributed by atoms with van der Waals surface area (Å²) in [5.74, 6) is 0.645. The fourth-order valence-electron chi connectivity index (χ4n) is 1.68. The van der Waals surface area contributed by atoms with Crippen molar-refractivity contribution in [3.05, 3.63) is 41.1 Å². The van der Waals surface area contributed by atoms with Crippen LogP contribution in [-0.2, 0) is 9.59 Å². The monoisotopic (exact) mass is 353 g/mol. The number of nitrogens with one attached hydrogen (secondary N) is 2. The molecular weight excluding hydrogens is 338 g/mol. The normalized spacial score (nSPS) is 11.8. The third-order valence-electron chi connectivity index (χ3n) is 2.86. The van der Waals surface area contributed by atoms with Gasteiger partial charge >= 0.3 is 0 Å². The lowest BCUT2D eigenvalue weighted by Gasteiger charge is -2.11.